The second-order valence-corrected chi connectivity index (χ2v) is 5.81. The SMILES string of the molecule is CCc1ccc(CN[C@H]2CCCC[C@@H]2O)s1. The highest BCUT2D eigenvalue weighted by Crippen LogP contribution is 2.20. The maximum absolute atomic E-state index is 9.84. The largest absolute Gasteiger partial charge is 0.392 e. The number of hydrogen-bond acceptors (Lipinski definition) is 3. The van der Waals surface area contributed by atoms with Gasteiger partial charge in [-0.3, -0.25) is 0 Å². The Hall–Kier alpha value is -0.380. The van der Waals surface area contributed by atoms with Crippen LogP contribution in [-0.4, -0.2) is 17.3 Å². The molecule has 90 valence electrons. The first-order valence-electron chi connectivity index (χ1n) is 6.28. The quantitative estimate of drug-likeness (QED) is 0.846. The van der Waals surface area contributed by atoms with E-state index in [1.54, 1.807) is 0 Å². The van der Waals surface area contributed by atoms with Gasteiger partial charge in [0, 0.05) is 22.3 Å². The summed E-state index contributed by atoms with van der Waals surface area (Å²) in [4.78, 5) is 2.83. The van der Waals surface area contributed by atoms with Crippen LogP contribution in [-0.2, 0) is 13.0 Å². The number of aliphatic hydroxyl groups is 1. The van der Waals surface area contributed by atoms with Crippen LogP contribution in [0.1, 0.15) is 42.4 Å². The number of hydrogen-bond donors (Lipinski definition) is 2. The van der Waals surface area contributed by atoms with Gasteiger partial charge in [0.1, 0.15) is 0 Å². The van der Waals surface area contributed by atoms with Crippen LogP contribution in [0.3, 0.4) is 0 Å². The molecular formula is C13H21NOS. The molecule has 1 heterocycles. The van der Waals surface area contributed by atoms with Gasteiger partial charge in [-0.25, -0.2) is 0 Å². The fourth-order valence-corrected chi connectivity index (χ4v) is 3.20. The summed E-state index contributed by atoms with van der Waals surface area (Å²) in [7, 11) is 0. The van der Waals surface area contributed by atoms with E-state index in [-0.39, 0.29) is 6.10 Å². The van der Waals surface area contributed by atoms with Crippen molar-refractivity contribution in [1.29, 1.82) is 0 Å². The molecule has 0 spiro atoms. The van der Waals surface area contributed by atoms with Gasteiger partial charge < -0.3 is 10.4 Å². The Morgan fingerprint density at radius 3 is 2.75 bits per heavy atom. The van der Waals surface area contributed by atoms with Gasteiger partial charge in [0.15, 0.2) is 0 Å². The molecule has 0 bridgehead atoms. The van der Waals surface area contributed by atoms with Crippen LogP contribution in [0, 0.1) is 0 Å². The molecule has 1 aliphatic carbocycles. The minimum absolute atomic E-state index is 0.139. The smallest absolute Gasteiger partial charge is 0.0693 e. The van der Waals surface area contributed by atoms with Crippen LogP contribution in [0.15, 0.2) is 12.1 Å². The highest BCUT2D eigenvalue weighted by molar-refractivity contribution is 7.11. The van der Waals surface area contributed by atoms with E-state index in [0.29, 0.717) is 6.04 Å². The van der Waals surface area contributed by atoms with E-state index in [1.807, 2.05) is 11.3 Å². The number of rotatable bonds is 4. The molecular weight excluding hydrogens is 218 g/mol. The van der Waals surface area contributed by atoms with Crippen LogP contribution in [0.4, 0.5) is 0 Å². The molecule has 1 aromatic rings. The zero-order chi connectivity index (χ0) is 11.4. The molecule has 0 aromatic carbocycles. The molecule has 1 fully saturated rings. The van der Waals surface area contributed by atoms with Crippen molar-refractivity contribution in [2.75, 3.05) is 0 Å². The molecule has 2 N–H and O–H groups in total. The first-order chi connectivity index (χ1) is 7.79. The summed E-state index contributed by atoms with van der Waals surface area (Å²) in [6, 6.07) is 4.71. The second kappa shape index (κ2) is 5.80. The molecule has 0 aliphatic heterocycles. The Morgan fingerprint density at radius 1 is 1.31 bits per heavy atom. The van der Waals surface area contributed by atoms with Crippen molar-refractivity contribution < 1.29 is 5.11 Å². The number of aryl methyl sites for hydroxylation is 1. The molecule has 0 unspecified atom stereocenters. The maximum atomic E-state index is 9.84. The van der Waals surface area contributed by atoms with Crippen molar-refractivity contribution in [1.82, 2.24) is 5.32 Å². The van der Waals surface area contributed by atoms with E-state index in [1.165, 1.54) is 22.6 Å². The van der Waals surface area contributed by atoms with Gasteiger partial charge in [0.2, 0.25) is 0 Å². The molecule has 0 radical (unpaired) electrons. The minimum atomic E-state index is -0.139. The average molecular weight is 239 g/mol. The van der Waals surface area contributed by atoms with Crippen molar-refractivity contribution in [3.63, 3.8) is 0 Å². The van der Waals surface area contributed by atoms with Crippen molar-refractivity contribution in [2.45, 2.75) is 57.7 Å². The predicted octanol–water partition coefficient (Wildman–Crippen LogP) is 2.70. The van der Waals surface area contributed by atoms with E-state index in [4.69, 9.17) is 0 Å². The Bertz CT molecular complexity index is 323. The van der Waals surface area contributed by atoms with Gasteiger partial charge in [-0.1, -0.05) is 19.8 Å². The Labute approximate surface area is 102 Å². The number of thiophene rings is 1. The topological polar surface area (TPSA) is 32.3 Å². The first-order valence-corrected chi connectivity index (χ1v) is 7.10. The lowest BCUT2D eigenvalue weighted by atomic mass is 9.92. The zero-order valence-electron chi connectivity index (χ0n) is 9.91. The van der Waals surface area contributed by atoms with Gasteiger partial charge in [-0.2, -0.15) is 0 Å². The van der Waals surface area contributed by atoms with Crippen molar-refractivity contribution >= 4 is 11.3 Å². The van der Waals surface area contributed by atoms with E-state index < -0.39 is 0 Å². The van der Waals surface area contributed by atoms with Crippen LogP contribution in [0.25, 0.3) is 0 Å². The van der Waals surface area contributed by atoms with Crippen LogP contribution in [0.5, 0.6) is 0 Å². The first kappa shape index (κ1) is 12.1. The predicted molar refractivity (Wildman–Crippen MR) is 68.8 cm³/mol. The summed E-state index contributed by atoms with van der Waals surface area (Å²) < 4.78 is 0. The summed E-state index contributed by atoms with van der Waals surface area (Å²) in [5.41, 5.74) is 0. The van der Waals surface area contributed by atoms with E-state index in [2.05, 4.69) is 24.4 Å². The van der Waals surface area contributed by atoms with E-state index in [9.17, 15) is 5.11 Å². The van der Waals surface area contributed by atoms with Gasteiger partial charge in [-0.15, -0.1) is 11.3 Å². The third kappa shape index (κ3) is 3.06. The molecule has 1 aliphatic rings. The van der Waals surface area contributed by atoms with Crippen LogP contribution in [0.2, 0.25) is 0 Å². The lowest BCUT2D eigenvalue weighted by Gasteiger charge is -2.28. The summed E-state index contributed by atoms with van der Waals surface area (Å²) in [6.45, 7) is 3.10. The molecule has 2 nitrogen and oxygen atoms in total. The van der Waals surface area contributed by atoms with Gasteiger partial charge in [-0.05, 0) is 31.4 Å². The van der Waals surface area contributed by atoms with Crippen LogP contribution >= 0.6 is 11.3 Å². The molecule has 0 saturated heterocycles. The molecule has 1 saturated carbocycles. The minimum Gasteiger partial charge on any atom is -0.392 e. The molecule has 2 rings (SSSR count). The number of nitrogens with one attached hydrogen (secondary N) is 1. The standard InChI is InChI=1S/C13H21NOS/c1-2-10-7-8-11(16-10)9-14-12-5-3-4-6-13(12)15/h7-8,12-15H,2-6,9H2,1H3/t12-,13-/m0/s1. The number of aliphatic hydroxyl groups excluding tert-OH is 1. The average Bonchev–Trinajstić information content (AvgIpc) is 2.76. The van der Waals surface area contributed by atoms with Crippen LogP contribution < -0.4 is 5.32 Å². The summed E-state index contributed by atoms with van der Waals surface area (Å²) in [5.74, 6) is 0. The van der Waals surface area contributed by atoms with Crippen molar-refractivity contribution in [2.24, 2.45) is 0 Å². The Balaban J connectivity index is 1.81. The lowest BCUT2D eigenvalue weighted by Crippen LogP contribution is -2.41. The highest BCUT2D eigenvalue weighted by atomic mass is 32.1. The van der Waals surface area contributed by atoms with E-state index in [0.717, 1.165) is 25.8 Å². The lowest BCUT2D eigenvalue weighted by molar-refractivity contribution is 0.0904. The summed E-state index contributed by atoms with van der Waals surface area (Å²) in [5, 5.41) is 13.3. The Morgan fingerprint density at radius 2 is 2.06 bits per heavy atom. The van der Waals surface area contributed by atoms with Gasteiger partial charge in [0.25, 0.3) is 0 Å². The third-order valence-corrected chi connectivity index (χ3v) is 4.56. The fraction of sp³-hybridized carbons (Fsp3) is 0.692. The zero-order valence-corrected chi connectivity index (χ0v) is 10.7. The maximum Gasteiger partial charge on any atom is 0.0693 e. The van der Waals surface area contributed by atoms with Crippen molar-refractivity contribution in [3.8, 4) is 0 Å². The normalized spacial score (nSPS) is 25.9. The Kier molecular flexibility index (Phi) is 4.38. The summed E-state index contributed by atoms with van der Waals surface area (Å²) in [6.07, 6.45) is 5.49. The monoisotopic (exact) mass is 239 g/mol. The van der Waals surface area contributed by atoms with Gasteiger partial charge >= 0.3 is 0 Å². The second-order valence-electron chi connectivity index (χ2n) is 4.56. The van der Waals surface area contributed by atoms with Gasteiger partial charge in [0.05, 0.1) is 6.10 Å². The molecule has 16 heavy (non-hydrogen) atoms. The molecule has 0 amide bonds. The fourth-order valence-electron chi connectivity index (χ4n) is 2.29. The molecule has 1 aromatic heterocycles. The van der Waals surface area contributed by atoms with E-state index >= 15 is 0 Å². The molecule has 3 heteroatoms. The van der Waals surface area contributed by atoms with Crippen molar-refractivity contribution in [3.05, 3.63) is 21.9 Å². The summed E-state index contributed by atoms with van der Waals surface area (Å²) >= 11 is 1.88. The highest BCUT2D eigenvalue weighted by Gasteiger charge is 2.22. The molecule has 2 atom stereocenters. The third-order valence-electron chi connectivity index (χ3n) is 3.33.